The molecule has 0 unspecified atom stereocenters. The van der Waals surface area contributed by atoms with E-state index in [9.17, 15) is 4.79 Å². The summed E-state index contributed by atoms with van der Waals surface area (Å²) in [5.74, 6) is 1.48. The normalized spacial score (nSPS) is 10.6. The molecule has 1 aromatic rings. The van der Waals surface area contributed by atoms with Crippen molar-refractivity contribution in [2.45, 2.75) is 67.3 Å². The van der Waals surface area contributed by atoms with Crippen molar-refractivity contribution in [3.05, 3.63) is 60.2 Å². The number of aliphatic hydroxyl groups is 1. The second-order valence-electron chi connectivity index (χ2n) is 6.31. The number of hydrogen-bond acceptors (Lipinski definition) is 6. The van der Waals surface area contributed by atoms with Crippen LogP contribution in [0.4, 0.5) is 5.69 Å². The van der Waals surface area contributed by atoms with Crippen molar-refractivity contribution in [1.82, 2.24) is 10.6 Å². The van der Waals surface area contributed by atoms with E-state index in [1.807, 2.05) is 46.9 Å². The minimum atomic E-state index is 0.0688. The highest BCUT2D eigenvalue weighted by molar-refractivity contribution is 5.50. The van der Waals surface area contributed by atoms with Gasteiger partial charge in [-0.05, 0) is 57.2 Å². The Morgan fingerprint density at radius 1 is 1.09 bits per heavy atom. The molecule has 0 aromatic heterocycles. The molecule has 1 rings (SSSR count). The minimum absolute atomic E-state index is 0.0688. The Kier molecular flexibility index (Phi) is 27.9. The van der Waals surface area contributed by atoms with Crippen molar-refractivity contribution < 1.29 is 19.4 Å². The van der Waals surface area contributed by atoms with E-state index in [0.717, 1.165) is 11.7 Å². The van der Waals surface area contributed by atoms with Gasteiger partial charge in [0.25, 0.3) is 0 Å². The summed E-state index contributed by atoms with van der Waals surface area (Å²) in [7, 11) is 3.52. The Balaban J connectivity index is -0.000000736. The minimum Gasteiger partial charge on any atom is -0.493 e. The highest BCUT2D eigenvalue weighted by Gasteiger charge is 2.06. The fourth-order valence-corrected chi connectivity index (χ4v) is 2.42. The van der Waals surface area contributed by atoms with Gasteiger partial charge in [-0.1, -0.05) is 48.1 Å². The third-order valence-corrected chi connectivity index (χ3v) is 4.20. The predicted octanol–water partition coefficient (Wildman–Crippen LogP) is 5.61. The Hall–Kier alpha value is -2.77. The van der Waals surface area contributed by atoms with Crippen LogP contribution in [0.3, 0.4) is 0 Å². The van der Waals surface area contributed by atoms with Crippen LogP contribution in [0, 0.1) is 0 Å². The molecule has 0 bridgehead atoms. The molecule has 0 aliphatic heterocycles. The van der Waals surface area contributed by atoms with Gasteiger partial charge < -0.3 is 30.5 Å². The van der Waals surface area contributed by atoms with Gasteiger partial charge in [-0.3, -0.25) is 4.79 Å². The number of benzene rings is 1. The highest BCUT2D eigenvalue weighted by Crippen LogP contribution is 2.20. The first kappa shape index (κ1) is 35.8. The molecule has 34 heavy (non-hydrogen) atoms. The van der Waals surface area contributed by atoms with E-state index in [0.29, 0.717) is 35.9 Å². The average molecular weight is 480 g/mol. The van der Waals surface area contributed by atoms with Crippen molar-refractivity contribution in [2.75, 3.05) is 32.6 Å². The Labute approximate surface area is 208 Å². The van der Waals surface area contributed by atoms with Crippen LogP contribution in [0.15, 0.2) is 60.2 Å². The van der Waals surface area contributed by atoms with Crippen molar-refractivity contribution >= 4 is 12.1 Å². The molecule has 7 nitrogen and oxygen atoms in total. The summed E-state index contributed by atoms with van der Waals surface area (Å²) in [6.07, 6.45) is 6.25. The lowest BCUT2D eigenvalue weighted by atomic mass is 10.2. The number of hydrogen-bond donors (Lipinski definition) is 4. The molecule has 0 aliphatic rings. The summed E-state index contributed by atoms with van der Waals surface area (Å²) in [5.41, 5.74) is 1.50. The van der Waals surface area contributed by atoms with Crippen molar-refractivity contribution in [3.8, 4) is 5.75 Å². The first-order valence-corrected chi connectivity index (χ1v) is 12.1. The summed E-state index contributed by atoms with van der Waals surface area (Å²) < 4.78 is 11.0. The number of ether oxygens (including phenoxy) is 2. The number of nitrogens with one attached hydrogen (secondary N) is 3. The van der Waals surface area contributed by atoms with Gasteiger partial charge in [-0.25, -0.2) is 0 Å². The number of carbonyl (C=O) groups excluding carboxylic acids is 1. The average Bonchev–Trinajstić information content (AvgIpc) is 2.89. The molecule has 0 atom stereocenters. The predicted molar refractivity (Wildman–Crippen MR) is 146 cm³/mol. The second kappa shape index (κ2) is 26.5. The van der Waals surface area contributed by atoms with Gasteiger partial charge in [0.15, 0.2) is 11.5 Å². The van der Waals surface area contributed by atoms with Crippen molar-refractivity contribution in [1.29, 1.82) is 0 Å². The lowest BCUT2D eigenvalue weighted by Gasteiger charge is -2.12. The van der Waals surface area contributed by atoms with Gasteiger partial charge in [-0.2, -0.15) is 0 Å². The van der Waals surface area contributed by atoms with Crippen molar-refractivity contribution in [2.24, 2.45) is 0 Å². The van der Waals surface area contributed by atoms with E-state index in [-0.39, 0.29) is 6.61 Å². The summed E-state index contributed by atoms with van der Waals surface area (Å²) in [6.45, 7) is 18.4. The van der Waals surface area contributed by atoms with Gasteiger partial charge in [0, 0.05) is 30.0 Å². The molecule has 0 heterocycles. The largest absolute Gasteiger partial charge is 0.493 e. The molecule has 0 saturated carbocycles. The number of methoxy groups -OCH3 is 1. The van der Waals surface area contributed by atoms with Crippen LogP contribution in [-0.2, 0) is 9.53 Å². The van der Waals surface area contributed by atoms with E-state index >= 15 is 0 Å². The Bertz CT molecular complexity index is 661. The standard InChI is InChI=1S/C17H22N2O4.C6H15N.2C2H6/c1-4-16(17(22-3)11-13(2)19-12-21)23-15-7-5-14(6-8-15)18-9-10-20;1-4-6(5-2)7-3;2*1-2/h4-8,11-12,18,20H,1,9-10H2,2-3H3,(H,19,21);6-7H,4-5H2,1-3H3;2*1-2H3/b13-11+,17-16-;;;. The molecular weight excluding hydrogens is 430 g/mol. The molecule has 1 amide bonds. The van der Waals surface area contributed by atoms with Gasteiger partial charge in [0.05, 0.1) is 13.7 Å². The van der Waals surface area contributed by atoms with Gasteiger partial charge in [0.1, 0.15) is 5.75 Å². The van der Waals surface area contributed by atoms with Crippen LogP contribution in [-0.4, -0.2) is 44.9 Å². The highest BCUT2D eigenvalue weighted by atomic mass is 16.5. The quantitative estimate of drug-likeness (QED) is 0.167. The summed E-state index contributed by atoms with van der Waals surface area (Å²) in [5, 5.41) is 17.6. The van der Waals surface area contributed by atoms with Crippen LogP contribution in [0.2, 0.25) is 0 Å². The molecule has 0 radical (unpaired) electrons. The molecule has 0 saturated heterocycles. The summed E-state index contributed by atoms with van der Waals surface area (Å²) in [4.78, 5) is 10.4. The fraction of sp³-hybridized carbons (Fsp3) is 0.519. The lowest BCUT2D eigenvalue weighted by molar-refractivity contribution is -0.108. The first-order valence-electron chi connectivity index (χ1n) is 12.1. The zero-order chi connectivity index (χ0) is 26.8. The van der Waals surface area contributed by atoms with Gasteiger partial charge in [0.2, 0.25) is 6.41 Å². The first-order chi connectivity index (χ1) is 16.5. The Morgan fingerprint density at radius 2 is 1.65 bits per heavy atom. The molecule has 1 aromatic carbocycles. The molecule has 4 N–H and O–H groups in total. The smallest absolute Gasteiger partial charge is 0.211 e. The molecule has 7 heteroatoms. The third-order valence-electron chi connectivity index (χ3n) is 4.20. The topological polar surface area (TPSA) is 91.9 Å². The molecule has 0 spiro atoms. The molecule has 196 valence electrons. The second-order valence-corrected chi connectivity index (χ2v) is 6.31. The number of anilines is 1. The number of allylic oxidation sites excluding steroid dienone is 3. The monoisotopic (exact) mass is 479 g/mol. The number of aliphatic hydroxyl groups excluding tert-OH is 1. The summed E-state index contributed by atoms with van der Waals surface area (Å²) >= 11 is 0. The third kappa shape index (κ3) is 17.7. The van der Waals surface area contributed by atoms with Crippen molar-refractivity contribution in [3.63, 3.8) is 0 Å². The molecule has 0 fully saturated rings. The van der Waals surface area contributed by atoms with E-state index in [1.165, 1.54) is 26.0 Å². The van der Waals surface area contributed by atoms with E-state index < -0.39 is 0 Å². The lowest BCUT2D eigenvalue weighted by Crippen LogP contribution is -2.22. The number of rotatable bonds is 13. The SMILES string of the molecule is C=C/C(Oc1ccc(NCCO)cc1)=C(\C=C(/C)NC=O)OC.CC.CC.CCC(CC)NC. The van der Waals surface area contributed by atoms with Crippen LogP contribution in [0.1, 0.15) is 61.3 Å². The number of carbonyl (C=O) groups is 1. The molecule has 0 aliphatic carbocycles. The van der Waals surface area contributed by atoms with E-state index in [2.05, 4.69) is 36.4 Å². The zero-order valence-electron chi connectivity index (χ0n) is 22.8. The van der Waals surface area contributed by atoms with E-state index in [1.54, 1.807) is 25.1 Å². The van der Waals surface area contributed by atoms with Crippen LogP contribution >= 0.6 is 0 Å². The van der Waals surface area contributed by atoms with Gasteiger partial charge in [-0.15, -0.1) is 0 Å². The maximum absolute atomic E-state index is 10.4. The van der Waals surface area contributed by atoms with Crippen LogP contribution in [0.5, 0.6) is 5.75 Å². The van der Waals surface area contributed by atoms with Crippen LogP contribution in [0.25, 0.3) is 0 Å². The molecular formula is C27H49N3O4. The number of amides is 1. The fourth-order valence-electron chi connectivity index (χ4n) is 2.42. The summed E-state index contributed by atoms with van der Waals surface area (Å²) in [6, 6.07) is 7.99. The maximum atomic E-state index is 10.4. The van der Waals surface area contributed by atoms with Gasteiger partial charge >= 0.3 is 0 Å². The Morgan fingerprint density at radius 3 is 2.00 bits per heavy atom. The van der Waals surface area contributed by atoms with E-state index in [4.69, 9.17) is 14.6 Å². The zero-order valence-corrected chi connectivity index (χ0v) is 22.8. The maximum Gasteiger partial charge on any atom is 0.211 e. The van der Waals surface area contributed by atoms with Crippen LogP contribution < -0.4 is 20.7 Å².